The zero-order valence-electron chi connectivity index (χ0n) is 10.0. The van der Waals surface area contributed by atoms with Crippen molar-refractivity contribution in [3.8, 4) is 0 Å². The molecule has 0 spiro atoms. The Morgan fingerprint density at radius 2 is 2.19 bits per heavy atom. The summed E-state index contributed by atoms with van der Waals surface area (Å²) in [6, 6.07) is -0.00708. The Kier molecular flexibility index (Phi) is 5.72. The molecule has 1 aliphatic heterocycles. The summed E-state index contributed by atoms with van der Waals surface area (Å²) in [4.78, 5) is 0. The minimum atomic E-state index is -2.84. The molecule has 2 unspecified atom stereocenters. The average Bonchev–Trinajstić information content (AvgIpc) is 2.30. The van der Waals surface area contributed by atoms with E-state index in [0.29, 0.717) is 6.42 Å². The van der Waals surface area contributed by atoms with Crippen LogP contribution in [-0.2, 0) is 14.6 Å². The first-order chi connectivity index (χ1) is 7.55. The monoisotopic (exact) mass is 249 g/mol. The molecule has 0 aromatic heterocycles. The lowest BCUT2D eigenvalue weighted by Gasteiger charge is -2.27. The van der Waals surface area contributed by atoms with E-state index in [1.165, 1.54) is 6.42 Å². The largest absolute Gasteiger partial charge is 0.377 e. The SMILES string of the molecule is CCS(=O)(=O)CCCC(N)C1CCCCO1. The van der Waals surface area contributed by atoms with Gasteiger partial charge in [0, 0.05) is 18.4 Å². The van der Waals surface area contributed by atoms with Gasteiger partial charge in [0.05, 0.1) is 11.9 Å². The summed E-state index contributed by atoms with van der Waals surface area (Å²) in [5.41, 5.74) is 6.00. The highest BCUT2D eigenvalue weighted by Gasteiger charge is 2.21. The Morgan fingerprint density at radius 3 is 2.75 bits per heavy atom. The molecule has 96 valence electrons. The molecule has 1 fully saturated rings. The maximum Gasteiger partial charge on any atom is 0.150 e. The Bertz CT molecular complexity index is 284. The van der Waals surface area contributed by atoms with Crippen LogP contribution in [0.5, 0.6) is 0 Å². The molecule has 1 aliphatic rings. The zero-order valence-corrected chi connectivity index (χ0v) is 10.8. The molecule has 1 rings (SSSR count). The van der Waals surface area contributed by atoms with Crippen LogP contribution >= 0.6 is 0 Å². The fraction of sp³-hybridized carbons (Fsp3) is 1.00. The van der Waals surface area contributed by atoms with Gasteiger partial charge in [-0.15, -0.1) is 0 Å². The van der Waals surface area contributed by atoms with Gasteiger partial charge in [-0.2, -0.15) is 0 Å². The van der Waals surface area contributed by atoms with Gasteiger partial charge in [0.2, 0.25) is 0 Å². The molecule has 0 saturated carbocycles. The van der Waals surface area contributed by atoms with E-state index in [4.69, 9.17) is 10.5 Å². The lowest BCUT2D eigenvalue weighted by Crippen LogP contribution is -2.39. The van der Waals surface area contributed by atoms with Gasteiger partial charge in [0.1, 0.15) is 9.84 Å². The predicted octanol–water partition coefficient (Wildman–Crippen LogP) is 1.10. The van der Waals surface area contributed by atoms with Crippen molar-refractivity contribution in [2.75, 3.05) is 18.1 Å². The third-order valence-corrected chi connectivity index (χ3v) is 4.92. The summed E-state index contributed by atoms with van der Waals surface area (Å²) < 4.78 is 28.1. The second-order valence-corrected chi connectivity index (χ2v) is 6.92. The average molecular weight is 249 g/mol. The summed E-state index contributed by atoms with van der Waals surface area (Å²) in [5.74, 6) is 0.478. The van der Waals surface area contributed by atoms with E-state index in [1.807, 2.05) is 0 Å². The van der Waals surface area contributed by atoms with Gasteiger partial charge >= 0.3 is 0 Å². The topological polar surface area (TPSA) is 69.4 Å². The smallest absolute Gasteiger partial charge is 0.150 e. The van der Waals surface area contributed by atoms with Crippen molar-refractivity contribution in [2.24, 2.45) is 5.73 Å². The molecule has 2 atom stereocenters. The van der Waals surface area contributed by atoms with E-state index in [2.05, 4.69) is 0 Å². The Morgan fingerprint density at radius 1 is 1.44 bits per heavy atom. The molecule has 0 aromatic carbocycles. The molecule has 1 saturated heterocycles. The maximum absolute atomic E-state index is 11.3. The zero-order chi connectivity index (χ0) is 12.0. The lowest BCUT2D eigenvalue weighted by molar-refractivity contribution is -0.00108. The summed E-state index contributed by atoms with van der Waals surface area (Å²) in [6.07, 6.45) is 4.83. The number of hydrogen-bond donors (Lipinski definition) is 1. The van der Waals surface area contributed by atoms with Gasteiger partial charge in [0.15, 0.2) is 0 Å². The first kappa shape index (κ1) is 13.9. The highest BCUT2D eigenvalue weighted by Crippen LogP contribution is 2.17. The fourth-order valence-electron chi connectivity index (χ4n) is 1.97. The van der Waals surface area contributed by atoms with Gasteiger partial charge in [-0.25, -0.2) is 8.42 Å². The van der Waals surface area contributed by atoms with Gasteiger partial charge in [-0.3, -0.25) is 0 Å². The van der Waals surface area contributed by atoms with E-state index < -0.39 is 9.84 Å². The molecule has 0 aliphatic carbocycles. The quantitative estimate of drug-likeness (QED) is 0.765. The highest BCUT2D eigenvalue weighted by atomic mass is 32.2. The molecular weight excluding hydrogens is 226 g/mol. The Labute approximate surface area is 98.5 Å². The molecule has 5 heteroatoms. The van der Waals surface area contributed by atoms with Crippen LogP contribution in [0.3, 0.4) is 0 Å². The van der Waals surface area contributed by atoms with Gasteiger partial charge in [0.25, 0.3) is 0 Å². The molecule has 4 nitrogen and oxygen atoms in total. The lowest BCUT2D eigenvalue weighted by atomic mass is 9.99. The van der Waals surface area contributed by atoms with Crippen LogP contribution in [0.25, 0.3) is 0 Å². The standard InChI is InChI=1S/C11H23NO3S/c1-2-16(13,14)9-5-6-10(12)11-7-3-4-8-15-11/h10-11H,2-9,12H2,1H3. The summed E-state index contributed by atoms with van der Waals surface area (Å²) in [6.45, 7) is 2.48. The predicted molar refractivity (Wildman–Crippen MR) is 65.1 cm³/mol. The van der Waals surface area contributed by atoms with Crippen LogP contribution in [0, 0.1) is 0 Å². The molecule has 16 heavy (non-hydrogen) atoms. The number of nitrogens with two attached hydrogens (primary N) is 1. The van der Waals surface area contributed by atoms with Crippen LogP contribution in [-0.4, -0.2) is 38.7 Å². The van der Waals surface area contributed by atoms with Crippen molar-refractivity contribution in [2.45, 2.75) is 51.2 Å². The van der Waals surface area contributed by atoms with E-state index >= 15 is 0 Å². The van der Waals surface area contributed by atoms with Crippen molar-refractivity contribution in [3.63, 3.8) is 0 Å². The van der Waals surface area contributed by atoms with Crippen molar-refractivity contribution in [1.82, 2.24) is 0 Å². The molecular formula is C11H23NO3S. The number of rotatable bonds is 6. The Hall–Kier alpha value is -0.130. The molecule has 2 N–H and O–H groups in total. The first-order valence-electron chi connectivity index (χ1n) is 6.13. The third-order valence-electron chi connectivity index (χ3n) is 3.13. The van der Waals surface area contributed by atoms with E-state index in [-0.39, 0.29) is 23.7 Å². The van der Waals surface area contributed by atoms with Crippen LogP contribution in [0.4, 0.5) is 0 Å². The molecule has 0 aromatic rings. The number of sulfone groups is 1. The number of hydrogen-bond acceptors (Lipinski definition) is 4. The second kappa shape index (κ2) is 6.57. The van der Waals surface area contributed by atoms with E-state index in [9.17, 15) is 8.42 Å². The fourth-order valence-corrected chi connectivity index (χ4v) is 2.87. The third kappa shape index (κ3) is 4.80. The normalized spacial score (nSPS) is 24.2. The van der Waals surface area contributed by atoms with Gasteiger partial charge < -0.3 is 10.5 Å². The molecule has 0 amide bonds. The van der Waals surface area contributed by atoms with Gasteiger partial charge in [-0.05, 0) is 32.1 Å². The minimum absolute atomic E-state index is 0.00708. The van der Waals surface area contributed by atoms with Crippen molar-refractivity contribution >= 4 is 9.84 Å². The summed E-state index contributed by atoms with van der Waals surface area (Å²) >= 11 is 0. The van der Waals surface area contributed by atoms with Crippen molar-refractivity contribution < 1.29 is 13.2 Å². The molecule has 0 bridgehead atoms. The van der Waals surface area contributed by atoms with Crippen LogP contribution in [0.2, 0.25) is 0 Å². The molecule has 1 heterocycles. The van der Waals surface area contributed by atoms with Crippen LogP contribution in [0.1, 0.15) is 39.0 Å². The highest BCUT2D eigenvalue weighted by molar-refractivity contribution is 7.91. The minimum Gasteiger partial charge on any atom is -0.377 e. The molecule has 0 radical (unpaired) electrons. The maximum atomic E-state index is 11.3. The van der Waals surface area contributed by atoms with Gasteiger partial charge in [-0.1, -0.05) is 6.92 Å². The van der Waals surface area contributed by atoms with Crippen LogP contribution in [0.15, 0.2) is 0 Å². The van der Waals surface area contributed by atoms with E-state index in [1.54, 1.807) is 6.92 Å². The number of ether oxygens (including phenoxy) is 1. The second-order valence-electron chi connectivity index (χ2n) is 4.45. The van der Waals surface area contributed by atoms with Crippen molar-refractivity contribution in [1.29, 1.82) is 0 Å². The summed E-state index contributed by atoms with van der Waals surface area (Å²) in [5, 5.41) is 0. The summed E-state index contributed by atoms with van der Waals surface area (Å²) in [7, 11) is -2.84. The van der Waals surface area contributed by atoms with E-state index in [0.717, 1.165) is 25.9 Å². The van der Waals surface area contributed by atoms with Crippen molar-refractivity contribution in [3.05, 3.63) is 0 Å². The van der Waals surface area contributed by atoms with Crippen LogP contribution < -0.4 is 5.73 Å². The first-order valence-corrected chi connectivity index (χ1v) is 7.95. The Balaban J connectivity index is 2.21.